The lowest BCUT2D eigenvalue weighted by Gasteiger charge is -2.32. The van der Waals surface area contributed by atoms with E-state index in [9.17, 15) is 18.0 Å². The molecule has 0 radical (unpaired) electrons. The molecule has 0 bridgehead atoms. The van der Waals surface area contributed by atoms with Gasteiger partial charge < -0.3 is 5.11 Å². The van der Waals surface area contributed by atoms with E-state index in [0.29, 0.717) is 6.42 Å². The zero-order valence-corrected chi connectivity index (χ0v) is 12.2. The zero-order valence-electron chi connectivity index (χ0n) is 11.4. The highest BCUT2D eigenvalue weighted by Crippen LogP contribution is 2.37. The van der Waals surface area contributed by atoms with Crippen molar-refractivity contribution in [3.63, 3.8) is 0 Å². The molecule has 108 valence electrons. The van der Waals surface area contributed by atoms with Gasteiger partial charge in [0.15, 0.2) is 0 Å². The van der Waals surface area contributed by atoms with Gasteiger partial charge in [-0.1, -0.05) is 6.92 Å². The van der Waals surface area contributed by atoms with Crippen molar-refractivity contribution in [1.82, 2.24) is 4.31 Å². The highest BCUT2D eigenvalue weighted by atomic mass is 32.2. The van der Waals surface area contributed by atoms with E-state index in [1.165, 1.54) is 12.1 Å². The van der Waals surface area contributed by atoms with Crippen LogP contribution in [0.3, 0.4) is 0 Å². The SMILES string of the molecule is CCC(C)(C)N1C(=O)c2ccc(C(=O)O)cc2S1(=O)=O. The van der Waals surface area contributed by atoms with E-state index in [1.54, 1.807) is 20.8 Å². The van der Waals surface area contributed by atoms with Crippen LogP contribution in [0.1, 0.15) is 47.9 Å². The summed E-state index contributed by atoms with van der Waals surface area (Å²) in [5.41, 5.74) is -0.994. The first-order chi connectivity index (χ1) is 9.13. The molecule has 7 heteroatoms. The van der Waals surface area contributed by atoms with Crippen molar-refractivity contribution in [3.05, 3.63) is 29.3 Å². The Morgan fingerprint density at radius 3 is 2.45 bits per heavy atom. The molecule has 1 aromatic rings. The lowest BCUT2D eigenvalue weighted by Crippen LogP contribution is -2.46. The van der Waals surface area contributed by atoms with Gasteiger partial charge in [-0.15, -0.1) is 0 Å². The number of fused-ring (bicyclic) bond motifs is 1. The molecule has 0 fully saturated rings. The second-order valence-corrected chi connectivity index (χ2v) is 7.01. The minimum Gasteiger partial charge on any atom is -0.478 e. The third kappa shape index (κ3) is 1.89. The lowest BCUT2D eigenvalue weighted by atomic mass is 10.0. The Kier molecular flexibility index (Phi) is 3.13. The molecule has 0 aliphatic carbocycles. The first-order valence-electron chi connectivity index (χ1n) is 6.10. The van der Waals surface area contributed by atoms with Crippen LogP contribution in [0.25, 0.3) is 0 Å². The number of carboxylic acids is 1. The molecule has 1 aromatic carbocycles. The molecule has 1 N–H and O–H groups in total. The highest BCUT2D eigenvalue weighted by molar-refractivity contribution is 7.90. The van der Waals surface area contributed by atoms with Crippen LogP contribution in [0.15, 0.2) is 23.1 Å². The number of hydrogen-bond acceptors (Lipinski definition) is 4. The summed E-state index contributed by atoms with van der Waals surface area (Å²) < 4.78 is 25.8. The molecule has 0 saturated heterocycles. The van der Waals surface area contributed by atoms with E-state index >= 15 is 0 Å². The van der Waals surface area contributed by atoms with Crippen molar-refractivity contribution in [2.45, 2.75) is 37.6 Å². The Hall–Kier alpha value is -1.89. The molecule has 0 saturated carbocycles. The van der Waals surface area contributed by atoms with Crippen LogP contribution in [0, 0.1) is 0 Å². The van der Waals surface area contributed by atoms with Crippen LogP contribution in [0.5, 0.6) is 0 Å². The first-order valence-corrected chi connectivity index (χ1v) is 7.54. The van der Waals surface area contributed by atoms with Gasteiger partial charge in [-0.3, -0.25) is 4.79 Å². The van der Waals surface area contributed by atoms with Crippen LogP contribution in [0.4, 0.5) is 0 Å². The molecule has 0 spiro atoms. The van der Waals surface area contributed by atoms with Crippen molar-refractivity contribution in [3.8, 4) is 0 Å². The molecular weight excluding hydrogens is 282 g/mol. The molecule has 6 nitrogen and oxygen atoms in total. The first kappa shape index (κ1) is 14.5. The van der Waals surface area contributed by atoms with Crippen molar-refractivity contribution in [2.75, 3.05) is 0 Å². The van der Waals surface area contributed by atoms with Gasteiger partial charge >= 0.3 is 5.97 Å². The van der Waals surface area contributed by atoms with Gasteiger partial charge in [0.1, 0.15) is 4.90 Å². The average molecular weight is 297 g/mol. The van der Waals surface area contributed by atoms with Crippen LogP contribution < -0.4 is 0 Å². The fourth-order valence-electron chi connectivity index (χ4n) is 2.11. The van der Waals surface area contributed by atoms with Crippen molar-refractivity contribution in [2.24, 2.45) is 0 Å². The maximum atomic E-state index is 12.5. The van der Waals surface area contributed by atoms with Crippen LogP contribution in [0.2, 0.25) is 0 Å². The van der Waals surface area contributed by atoms with Crippen LogP contribution >= 0.6 is 0 Å². The summed E-state index contributed by atoms with van der Waals surface area (Å²) in [6.07, 6.45) is 0.456. The number of carbonyl (C=O) groups is 2. The third-order valence-corrected chi connectivity index (χ3v) is 5.61. The quantitative estimate of drug-likeness (QED) is 0.917. The number of nitrogens with zero attached hydrogens (tertiary/aromatic N) is 1. The summed E-state index contributed by atoms with van der Waals surface area (Å²) in [6.45, 7) is 5.10. The molecule has 0 atom stereocenters. The Morgan fingerprint density at radius 2 is 1.95 bits per heavy atom. The third-order valence-electron chi connectivity index (χ3n) is 3.58. The normalized spacial score (nSPS) is 17.1. The molecular formula is C13H15NO5S. The van der Waals surface area contributed by atoms with Crippen molar-refractivity contribution in [1.29, 1.82) is 0 Å². The van der Waals surface area contributed by atoms with E-state index in [-0.39, 0.29) is 16.0 Å². The predicted octanol–water partition coefficient (Wildman–Crippen LogP) is 1.72. The largest absolute Gasteiger partial charge is 0.478 e. The molecule has 1 amide bonds. The summed E-state index contributed by atoms with van der Waals surface area (Å²) in [6, 6.07) is 3.53. The number of benzene rings is 1. The standard InChI is InChI=1S/C13H15NO5S/c1-4-13(2,3)14-11(15)9-6-5-8(12(16)17)7-10(9)20(14,18)19/h5-7H,4H2,1-3H3,(H,16,17). The summed E-state index contributed by atoms with van der Waals surface area (Å²) in [5.74, 6) is -1.84. The van der Waals surface area contributed by atoms with E-state index in [0.717, 1.165) is 10.4 Å². The van der Waals surface area contributed by atoms with Crippen LogP contribution in [-0.2, 0) is 10.0 Å². The Labute approximate surface area is 117 Å². The minimum absolute atomic E-state index is 0.0246. The zero-order chi connectivity index (χ0) is 15.3. The van der Waals surface area contributed by atoms with E-state index in [4.69, 9.17) is 5.11 Å². The number of aromatic carboxylic acids is 1. The topological polar surface area (TPSA) is 91.8 Å². The van der Waals surface area contributed by atoms with E-state index in [2.05, 4.69) is 0 Å². The fourth-order valence-corrected chi connectivity index (χ4v) is 4.11. The Morgan fingerprint density at radius 1 is 1.35 bits per heavy atom. The minimum atomic E-state index is -4.00. The molecule has 1 aliphatic heterocycles. The maximum absolute atomic E-state index is 12.5. The van der Waals surface area contributed by atoms with Gasteiger partial charge in [0.2, 0.25) is 0 Å². The second-order valence-electron chi connectivity index (χ2n) is 5.26. The van der Waals surface area contributed by atoms with E-state index < -0.39 is 27.4 Å². The molecule has 0 aromatic heterocycles. The van der Waals surface area contributed by atoms with Gasteiger partial charge in [-0.25, -0.2) is 17.5 Å². The van der Waals surface area contributed by atoms with Gasteiger partial charge in [-0.05, 0) is 38.5 Å². The van der Waals surface area contributed by atoms with Gasteiger partial charge in [0.05, 0.1) is 16.7 Å². The summed E-state index contributed by atoms with van der Waals surface area (Å²) in [5, 5.41) is 8.93. The van der Waals surface area contributed by atoms with Gasteiger partial charge in [0.25, 0.3) is 15.9 Å². The second kappa shape index (κ2) is 4.31. The molecule has 1 aliphatic rings. The maximum Gasteiger partial charge on any atom is 0.335 e. The molecule has 0 unspecified atom stereocenters. The number of rotatable bonds is 3. The monoisotopic (exact) mass is 297 g/mol. The Balaban J connectivity index is 2.69. The molecule has 1 heterocycles. The van der Waals surface area contributed by atoms with Crippen molar-refractivity contribution < 1.29 is 23.1 Å². The summed E-state index contributed by atoms with van der Waals surface area (Å²) >= 11 is 0. The Bertz CT molecular complexity index is 705. The number of carbonyl (C=O) groups excluding carboxylic acids is 1. The van der Waals surface area contributed by atoms with Gasteiger partial charge in [-0.2, -0.15) is 0 Å². The summed E-state index contributed by atoms with van der Waals surface area (Å²) in [7, 11) is -4.00. The predicted molar refractivity (Wildman–Crippen MR) is 71.1 cm³/mol. The average Bonchev–Trinajstić information content (AvgIpc) is 2.57. The number of sulfonamides is 1. The molecule has 20 heavy (non-hydrogen) atoms. The highest BCUT2D eigenvalue weighted by Gasteiger charge is 2.48. The summed E-state index contributed by atoms with van der Waals surface area (Å²) in [4.78, 5) is 23.0. The van der Waals surface area contributed by atoms with Gasteiger partial charge in [0, 0.05) is 0 Å². The number of hydrogen-bond donors (Lipinski definition) is 1. The number of amides is 1. The van der Waals surface area contributed by atoms with E-state index in [1.807, 2.05) is 0 Å². The molecule has 2 rings (SSSR count). The lowest BCUT2D eigenvalue weighted by molar-refractivity contribution is 0.0694. The number of carboxylic acid groups (broad SMARTS) is 1. The fraction of sp³-hybridized carbons (Fsp3) is 0.385. The van der Waals surface area contributed by atoms with Crippen LogP contribution in [-0.4, -0.2) is 35.2 Å². The van der Waals surface area contributed by atoms with Crippen molar-refractivity contribution >= 4 is 21.9 Å². The smallest absolute Gasteiger partial charge is 0.335 e.